The third-order valence-electron chi connectivity index (χ3n) is 4.01. The predicted octanol–water partition coefficient (Wildman–Crippen LogP) is 0.522. The van der Waals surface area contributed by atoms with E-state index in [0.29, 0.717) is 19.5 Å². The van der Waals surface area contributed by atoms with E-state index in [-0.39, 0.29) is 23.7 Å². The zero-order valence-corrected chi connectivity index (χ0v) is 11.6. The number of carbonyl (C=O) groups excluding carboxylic acids is 2. The monoisotopic (exact) mass is 268 g/mol. The van der Waals surface area contributed by atoms with Gasteiger partial charge in [-0.2, -0.15) is 0 Å². The van der Waals surface area contributed by atoms with Crippen molar-refractivity contribution in [3.8, 4) is 0 Å². The van der Waals surface area contributed by atoms with Crippen molar-refractivity contribution in [1.82, 2.24) is 10.2 Å². The van der Waals surface area contributed by atoms with Gasteiger partial charge in [-0.15, -0.1) is 0 Å². The minimum Gasteiger partial charge on any atom is -0.391 e. The Hall–Kier alpha value is -1.10. The molecular weight excluding hydrogens is 244 g/mol. The van der Waals surface area contributed by atoms with Gasteiger partial charge in [0, 0.05) is 25.6 Å². The summed E-state index contributed by atoms with van der Waals surface area (Å²) in [6.07, 6.45) is 3.91. The summed E-state index contributed by atoms with van der Waals surface area (Å²) < 4.78 is 0. The summed E-state index contributed by atoms with van der Waals surface area (Å²) in [7, 11) is 0. The molecule has 0 bridgehead atoms. The van der Waals surface area contributed by atoms with E-state index in [2.05, 4.69) is 5.32 Å². The van der Waals surface area contributed by atoms with Gasteiger partial charge in [-0.25, -0.2) is 0 Å². The van der Waals surface area contributed by atoms with Gasteiger partial charge in [0.05, 0.1) is 12.0 Å². The van der Waals surface area contributed by atoms with Crippen LogP contribution in [0.3, 0.4) is 0 Å². The summed E-state index contributed by atoms with van der Waals surface area (Å²) in [6.45, 7) is 3.52. The molecule has 2 unspecified atom stereocenters. The topological polar surface area (TPSA) is 69.6 Å². The normalized spacial score (nSPS) is 24.9. The minimum atomic E-state index is -0.475. The van der Waals surface area contributed by atoms with Crippen molar-refractivity contribution in [1.29, 1.82) is 0 Å². The van der Waals surface area contributed by atoms with E-state index in [0.717, 1.165) is 32.2 Å². The van der Waals surface area contributed by atoms with Crippen LogP contribution in [0.5, 0.6) is 0 Å². The molecule has 2 aliphatic rings. The first-order chi connectivity index (χ1) is 9.11. The summed E-state index contributed by atoms with van der Waals surface area (Å²) in [4.78, 5) is 25.9. The predicted molar refractivity (Wildman–Crippen MR) is 71.3 cm³/mol. The molecule has 0 aromatic rings. The van der Waals surface area contributed by atoms with E-state index in [9.17, 15) is 14.7 Å². The highest BCUT2D eigenvalue weighted by atomic mass is 16.3. The quantitative estimate of drug-likeness (QED) is 0.764. The Bertz CT molecular complexity index is 342. The van der Waals surface area contributed by atoms with E-state index in [1.54, 1.807) is 0 Å². The van der Waals surface area contributed by atoms with Crippen LogP contribution in [-0.2, 0) is 9.59 Å². The Balaban J connectivity index is 1.79. The second-order valence-electron chi connectivity index (χ2n) is 5.70. The molecule has 2 N–H and O–H groups in total. The van der Waals surface area contributed by atoms with E-state index >= 15 is 0 Å². The number of carbonyl (C=O) groups is 2. The lowest BCUT2D eigenvalue weighted by molar-refractivity contribution is -0.136. The van der Waals surface area contributed by atoms with Crippen molar-refractivity contribution in [2.24, 2.45) is 11.8 Å². The first-order valence-corrected chi connectivity index (χ1v) is 7.36. The number of aliphatic hydroxyl groups is 1. The molecule has 0 aromatic heterocycles. The number of hydrogen-bond donors (Lipinski definition) is 2. The molecule has 0 radical (unpaired) electrons. The zero-order chi connectivity index (χ0) is 13.8. The Kier molecular flexibility index (Phi) is 4.80. The molecule has 1 saturated heterocycles. The summed E-state index contributed by atoms with van der Waals surface area (Å²) >= 11 is 0. The molecule has 1 aliphatic carbocycles. The highest BCUT2D eigenvalue weighted by molar-refractivity contribution is 5.83. The number of aliphatic hydroxyl groups excluding tert-OH is 1. The summed E-state index contributed by atoms with van der Waals surface area (Å²) in [5.41, 5.74) is 0. The first-order valence-electron chi connectivity index (χ1n) is 7.36. The Morgan fingerprint density at radius 1 is 1.32 bits per heavy atom. The number of nitrogens with zero attached hydrogens (tertiary/aromatic N) is 1. The van der Waals surface area contributed by atoms with E-state index in [1.165, 1.54) is 0 Å². The van der Waals surface area contributed by atoms with Gasteiger partial charge in [0.1, 0.15) is 0 Å². The van der Waals surface area contributed by atoms with Crippen molar-refractivity contribution in [2.45, 2.75) is 45.1 Å². The molecule has 1 heterocycles. The van der Waals surface area contributed by atoms with Gasteiger partial charge in [-0.1, -0.05) is 6.92 Å². The molecule has 5 heteroatoms. The van der Waals surface area contributed by atoms with Crippen molar-refractivity contribution in [2.75, 3.05) is 19.6 Å². The lowest BCUT2D eigenvalue weighted by Crippen LogP contribution is -2.47. The second kappa shape index (κ2) is 6.37. The van der Waals surface area contributed by atoms with Crippen LogP contribution in [0.2, 0.25) is 0 Å². The maximum absolute atomic E-state index is 12.0. The van der Waals surface area contributed by atoms with E-state index in [4.69, 9.17) is 0 Å². The van der Waals surface area contributed by atoms with E-state index < -0.39 is 6.10 Å². The largest absolute Gasteiger partial charge is 0.391 e. The average Bonchev–Trinajstić information content (AvgIpc) is 3.28. The van der Waals surface area contributed by atoms with Crippen molar-refractivity contribution >= 4 is 11.8 Å². The van der Waals surface area contributed by atoms with Gasteiger partial charge in [0.15, 0.2) is 0 Å². The maximum atomic E-state index is 12.0. The summed E-state index contributed by atoms with van der Waals surface area (Å²) in [5.74, 6) is 0.316. The molecule has 1 saturated carbocycles. The first kappa shape index (κ1) is 14.3. The van der Waals surface area contributed by atoms with Crippen LogP contribution < -0.4 is 5.32 Å². The molecular formula is C14H24N2O3. The maximum Gasteiger partial charge on any atom is 0.225 e. The molecule has 0 aromatic carbocycles. The smallest absolute Gasteiger partial charge is 0.225 e. The van der Waals surface area contributed by atoms with Crippen LogP contribution in [-0.4, -0.2) is 47.6 Å². The standard InChI is InChI=1S/C14H24N2O3/c1-2-12(17)8-15-13(18)11-4-3-7-16(9-11)14(19)10-5-6-10/h10-12,17H,2-9H2,1H3,(H,15,18). The zero-order valence-electron chi connectivity index (χ0n) is 11.6. The van der Waals surface area contributed by atoms with Gasteiger partial charge in [-0.05, 0) is 32.1 Å². The molecule has 1 aliphatic heterocycles. The van der Waals surface area contributed by atoms with Gasteiger partial charge >= 0.3 is 0 Å². The molecule has 0 spiro atoms. The van der Waals surface area contributed by atoms with Crippen LogP contribution in [0.1, 0.15) is 39.0 Å². The highest BCUT2D eigenvalue weighted by Gasteiger charge is 2.36. The average molecular weight is 268 g/mol. The molecule has 2 atom stereocenters. The molecule has 108 valence electrons. The molecule has 2 rings (SSSR count). The van der Waals surface area contributed by atoms with Crippen LogP contribution in [0, 0.1) is 11.8 Å². The Morgan fingerprint density at radius 2 is 2.05 bits per heavy atom. The molecule has 2 fully saturated rings. The van der Waals surface area contributed by atoms with Crippen LogP contribution in [0.4, 0.5) is 0 Å². The lowest BCUT2D eigenvalue weighted by Gasteiger charge is -2.32. The van der Waals surface area contributed by atoms with Gasteiger partial charge in [0.25, 0.3) is 0 Å². The lowest BCUT2D eigenvalue weighted by atomic mass is 9.96. The summed E-state index contributed by atoms with van der Waals surface area (Å²) in [6, 6.07) is 0. The number of hydrogen-bond acceptors (Lipinski definition) is 3. The fourth-order valence-electron chi connectivity index (χ4n) is 2.49. The fraction of sp³-hybridized carbons (Fsp3) is 0.857. The molecule has 5 nitrogen and oxygen atoms in total. The second-order valence-corrected chi connectivity index (χ2v) is 5.70. The van der Waals surface area contributed by atoms with Crippen molar-refractivity contribution in [3.63, 3.8) is 0 Å². The number of piperidine rings is 1. The van der Waals surface area contributed by atoms with Gasteiger partial charge in [-0.3, -0.25) is 9.59 Å². The SMILES string of the molecule is CCC(O)CNC(=O)C1CCCN(C(=O)C2CC2)C1. The van der Waals surface area contributed by atoms with Gasteiger partial charge in [0.2, 0.25) is 11.8 Å². The highest BCUT2D eigenvalue weighted by Crippen LogP contribution is 2.32. The minimum absolute atomic E-state index is 0.0270. The number of likely N-dealkylation sites (tertiary alicyclic amines) is 1. The van der Waals surface area contributed by atoms with Crippen molar-refractivity contribution < 1.29 is 14.7 Å². The van der Waals surface area contributed by atoms with E-state index in [1.807, 2.05) is 11.8 Å². The molecule has 19 heavy (non-hydrogen) atoms. The van der Waals surface area contributed by atoms with Crippen LogP contribution >= 0.6 is 0 Å². The van der Waals surface area contributed by atoms with Crippen LogP contribution in [0.15, 0.2) is 0 Å². The number of nitrogens with one attached hydrogen (secondary N) is 1. The third-order valence-corrected chi connectivity index (χ3v) is 4.01. The van der Waals surface area contributed by atoms with Crippen molar-refractivity contribution in [3.05, 3.63) is 0 Å². The number of amides is 2. The van der Waals surface area contributed by atoms with Gasteiger partial charge < -0.3 is 15.3 Å². The van der Waals surface area contributed by atoms with Crippen LogP contribution in [0.25, 0.3) is 0 Å². The Morgan fingerprint density at radius 3 is 2.68 bits per heavy atom. The number of rotatable bonds is 5. The summed E-state index contributed by atoms with van der Waals surface area (Å²) in [5, 5.41) is 12.2. The fourth-order valence-corrected chi connectivity index (χ4v) is 2.49. The molecule has 2 amide bonds. The Labute approximate surface area is 114 Å². The third kappa shape index (κ3) is 3.93.